The highest BCUT2D eigenvalue weighted by atomic mass is 16.1. The number of ketones is 1. The first-order chi connectivity index (χ1) is 12.2. The van der Waals surface area contributed by atoms with Gasteiger partial charge in [-0.3, -0.25) is 9.36 Å². The third kappa shape index (κ3) is 3.79. The Balaban J connectivity index is 1.87. The molecule has 0 radical (unpaired) electrons. The van der Waals surface area contributed by atoms with Gasteiger partial charge in [0.1, 0.15) is 12.0 Å². The summed E-state index contributed by atoms with van der Waals surface area (Å²) >= 11 is 0. The van der Waals surface area contributed by atoms with E-state index in [1.807, 2.05) is 30.3 Å². The Kier molecular flexibility index (Phi) is 5.29. The van der Waals surface area contributed by atoms with Crippen molar-refractivity contribution in [3.8, 4) is 5.69 Å². The second-order valence-electron chi connectivity index (χ2n) is 6.17. The van der Waals surface area contributed by atoms with Crippen LogP contribution in [0.2, 0.25) is 0 Å². The van der Waals surface area contributed by atoms with Gasteiger partial charge in [-0.05, 0) is 30.5 Å². The van der Waals surface area contributed by atoms with Crippen molar-refractivity contribution >= 4 is 11.6 Å². The summed E-state index contributed by atoms with van der Waals surface area (Å²) in [6.07, 6.45) is 6.35. The molecule has 0 amide bonds. The van der Waals surface area contributed by atoms with Crippen LogP contribution in [0.4, 0.5) is 5.82 Å². The van der Waals surface area contributed by atoms with Crippen molar-refractivity contribution in [3.63, 3.8) is 0 Å². The quantitative estimate of drug-likeness (QED) is 0.514. The molecule has 0 bridgehead atoms. The molecule has 4 heteroatoms. The van der Waals surface area contributed by atoms with E-state index in [0.717, 1.165) is 12.1 Å². The van der Waals surface area contributed by atoms with Gasteiger partial charge in [-0.1, -0.05) is 62.2 Å². The Morgan fingerprint density at radius 3 is 2.44 bits per heavy atom. The predicted octanol–water partition coefficient (Wildman–Crippen LogP) is 4.42. The largest absolute Gasteiger partial charge is 0.382 e. The number of benzene rings is 2. The number of unbranched alkanes of at least 4 members (excludes halogenated alkanes) is 2. The van der Waals surface area contributed by atoms with Gasteiger partial charge in [0.15, 0.2) is 5.82 Å². The number of carbonyl (C=O) groups is 1. The van der Waals surface area contributed by atoms with Gasteiger partial charge >= 0.3 is 0 Å². The Morgan fingerprint density at radius 2 is 1.76 bits per heavy atom. The second kappa shape index (κ2) is 7.79. The fraction of sp³-hybridized carbons (Fsp3) is 0.238. The molecule has 0 saturated heterocycles. The van der Waals surface area contributed by atoms with Crippen LogP contribution in [0.15, 0.2) is 60.9 Å². The molecule has 0 unspecified atom stereocenters. The first-order valence-electron chi connectivity index (χ1n) is 8.72. The van der Waals surface area contributed by atoms with E-state index >= 15 is 0 Å². The molecular weight excluding hydrogens is 310 g/mol. The highest BCUT2D eigenvalue weighted by Crippen LogP contribution is 2.21. The Hall–Kier alpha value is -2.88. The molecule has 0 aliphatic carbocycles. The molecule has 4 nitrogen and oxygen atoms in total. The third-order valence-corrected chi connectivity index (χ3v) is 4.33. The van der Waals surface area contributed by atoms with Gasteiger partial charge in [0.05, 0.1) is 0 Å². The lowest BCUT2D eigenvalue weighted by atomic mass is 10.1. The Morgan fingerprint density at radius 1 is 1.04 bits per heavy atom. The maximum absolute atomic E-state index is 12.8. The van der Waals surface area contributed by atoms with Gasteiger partial charge in [0, 0.05) is 11.3 Å². The van der Waals surface area contributed by atoms with E-state index in [1.165, 1.54) is 24.8 Å². The van der Waals surface area contributed by atoms with Gasteiger partial charge in [0.2, 0.25) is 5.78 Å². The van der Waals surface area contributed by atoms with E-state index < -0.39 is 0 Å². The molecule has 0 fully saturated rings. The number of carbonyl (C=O) groups excluding carboxylic acids is 1. The van der Waals surface area contributed by atoms with Gasteiger partial charge in [-0.25, -0.2) is 4.98 Å². The van der Waals surface area contributed by atoms with E-state index in [-0.39, 0.29) is 11.6 Å². The van der Waals surface area contributed by atoms with Crippen LogP contribution in [-0.4, -0.2) is 15.3 Å². The highest BCUT2D eigenvalue weighted by Gasteiger charge is 2.19. The Labute approximate surface area is 148 Å². The number of hydrogen-bond acceptors (Lipinski definition) is 3. The van der Waals surface area contributed by atoms with E-state index in [1.54, 1.807) is 23.0 Å². The summed E-state index contributed by atoms with van der Waals surface area (Å²) in [5, 5.41) is 0. The van der Waals surface area contributed by atoms with Crippen molar-refractivity contribution in [3.05, 3.63) is 77.7 Å². The number of aryl methyl sites for hydroxylation is 1. The molecule has 25 heavy (non-hydrogen) atoms. The summed E-state index contributed by atoms with van der Waals surface area (Å²) in [6.45, 7) is 2.21. The van der Waals surface area contributed by atoms with Crippen molar-refractivity contribution in [1.82, 2.24) is 9.55 Å². The zero-order valence-electron chi connectivity index (χ0n) is 14.5. The van der Waals surface area contributed by atoms with Crippen molar-refractivity contribution in [2.24, 2.45) is 0 Å². The monoisotopic (exact) mass is 333 g/mol. The van der Waals surface area contributed by atoms with Crippen LogP contribution < -0.4 is 5.73 Å². The van der Waals surface area contributed by atoms with Crippen LogP contribution in [0.5, 0.6) is 0 Å². The second-order valence-corrected chi connectivity index (χ2v) is 6.17. The van der Waals surface area contributed by atoms with Gasteiger partial charge in [0.25, 0.3) is 0 Å². The lowest BCUT2D eigenvalue weighted by Gasteiger charge is -2.09. The molecule has 3 aromatic rings. The molecule has 1 aromatic heterocycles. The minimum atomic E-state index is -0.123. The zero-order valence-corrected chi connectivity index (χ0v) is 14.5. The third-order valence-electron chi connectivity index (χ3n) is 4.33. The van der Waals surface area contributed by atoms with Gasteiger partial charge in [-0.2, -0.15) is 0 Å². The molecule has 2 aromatic carbocycles. The molecule has 3 rings (SSSR count). The van der Waals surface area contributed by atoms with E-state index in [0.29, 0.717) is 11.3 Å². The fourth-order valence-corrected chi connectivity index (χ4v) is 2.91. The molecule has 0 aliphatic rings. The molecule has 1 heterocycles. The summed E-state index contributed by atoms with van der Waals surface area (Å²) in [4.78, 5) is 17.0. The van der Waals surface area contributed by atoms with E-state index in [2.05, 4.69) is 24.0 Å². The number of rotatable bonds is 7. The number of nitrogens with two attached hydrogens (primary N) is 1. The number of nitrogens with zero attached hydrogens (tertiary/aromatic N) is 2. The molecule has 2 N–H and O–H groups in total. The molecular formula is C21H23N3O. The topological polar surface area (TPSA) is 60.9 Å². The summed E-state index contributed by atoms with van der Waals surface area (Å²) in [5.74, 6) is 0.128. The minimum absolute atomic E-state index is 0.123. The lowest BCUT2D eigenvalue weighted by Crippen LogP contribution is -2.10. The molecule has 128 valence electrons. The highest BCUT2D eigenvalue weighted by molar-refractivity contribution is 6.10. The molecule has 0 saturated carbocycles. The van der Waals surface area contributed by atoms with Crippen LogP contribution in [0, 0.1) is 0 Å². The maximum atomic E-state index is 12.8. The first kappa shape index (κ1) is 17.0. The lowest BCUT2D eigenvalue weighted by molar-refractivity contribution is 0.103. The summed E-state index contributed by atoms with van der Waals surface area (Å²) in [6, 6.07) is 17.4. The maximum Gasteiger partial charge on any atom is 0.213 e. The molecule has 0 spiro atoms. The molecule has 0 aliphatic heterocycles. The molecule has 0 atom stereocenters. The zero-order chi connectivity index (χ0) is 17.6. The van der Waals surface area contributed by atoms with Crippen molar-refractivity contribution in [2.45, 2.75) is 32.6 Å². The predicted molar refractivity (Wildman–Crippen MR) is 101 cm³/mol. The van der Waals surface area contributed by atoms with Crippen molar-refractivity contribution in [1.29, 1.82) is 0 Å². The summed E-state index contributed by atoms with van der Waals surface area (Å²) in [5.41, 5.74) is 9.18. The van der Waals surface area contributed by atoms with Crippen molar-refractivity contribution < 1.29 is 4.79 Å². The van der Waals surface area contributed by atoms with Crippen LogP contribution in [0.1, 0.15) is 47.8 Å². The van der Waals surface area contributed by atoms with Gasteiger partial charge in [-0.15, -0.1) is 0 Å². The Bertz CT molecular complexity index is 835. The van der Waals surface area contributed by atoms with Crippen molar-refractivity contribution in [2.75, 3.05) is 5.73 Å². The number of nitrogen functional groups attached to an aromatic ring is 1. The van der Waals surface area contributed by atoms with Crippen LogP contribution in [0.3, 0.4) is 0 Å². The average Bonchev–Trinajstić information content (AvgIpc) is 3.04. The van der Waals surface area contributed by atoms with Gasteiger partial charge < -0.3 is 5.73 Å². The average molecular weight is 333 g/mol. The van der Waals surface area contributed by atoms with E-state index in [4.69, 9.17) is 5.73 Å². The smallest absolute Gasteiger partial charge is 0.213 e. The number of hydrogen-bond donors (Lipinski definition) is 1. The number of aromatic nitrogens is 2. The number of imidazole rings is 1. The normalized spacial score (nSPS) is 10.8. The summed E-state index contributed by atoms with van der Waals surface area (Å²) < 4.78 is 1.76. The summed E-state index contributed by atoms with van der Waals surface area (Å²) in [7, 11) is 0. The van der Waals surface area contributed by atoms with Crippen LogP contribution in [-0.2, 0) is 6.42 Å². The first-order valence-corrected chi connectivity index (χ1v) is 8.72. The minimum Gasteiger partial charge on any atom is -0.382 e. The number of anilines is 1. The van der Waals surface area contributed by atoms with Crippen LogP contribution in [0.25, 0.3) is 5.69 Å². The van der Waals surface area contributed by atoms with E-state index in [9.17, 15) is 4.79 Å². The SMILES string of the molecule is CCCCCc1ccc(-n2cnc(N)c2C(=O)c2ccccc2)cc1. The standard InChI is InChI=1S/C21H23N3O/c1-2-3-5-8-16-11-13-18(14-12-16)24-15-23-21(22)19(24)20(25)17-9-6-4-7-10-17/h4,6-7,9-15H,2-3,5,8,22H2,1H3. The van der Waals surface area contributed by atoms with Crippen LogP contribution >= 0.6 is 0 Å². The fourth-order valence-electron chi connectivity index (χ4n) is 2.91.